The lowest BCUT2D eigenvalue weighted by atomic mass is 9.49. The van der Waals surface area contributed by atoms with E-state index in [2.05, 4.69) is 5.32 Å². The molecule has 4 bridgehead atoms. The van der Waals surface area contributed by atoms with Crippen molar-refractivity contribution in [2.24, 2.45) is 23.2 Å². The average Bonchev–Trinajstić information content (AvgIpc) is 2.60. The van der Waals surface area contributed by atoms with Crippen LogP contribution in [0.3, 0.4) is 0 Å². The number of nitrogens with one attached hydrogen (secondary N) is 1. The smallest absolute Gasteiger partial charge is 0.242 e. The largest absolute Gasteiger partial charge is 0.495 e. The van der Waals surface area contributed by atoms with Crippen LogP contribution in [0.15, 0.2) is 23.1 Å². The molecular formula is C20H28N2O4S. The van der Waals surface area contributed by atoms with Crippen LogP contribution >= 0.6 is 0 Å². The molecule has 7 heteroatoms. The van der Waals surface area contributed by atoms with Crippen LogP contribution in [0.2, 0.25) is 0 Å². The summed E-state index contributed by atoms with van der Waals surface area (Å²) in [5, 5.41) is 3.02. The molecule has 0 aliphatic heterocycles. The van der Waals surface area contributed by atoms with Crippen LogP contribution in [0.5, 0.6) is 5.75 Å². The average molecular weight is 393 g/mol. The van der Waals surface area contributed by atoms with E-state index in [4.69, 9.17) is 4.74 Å². The van der Waals surface area contributed by atoms with Gasteiger partial charge in [0.2, 0.25) is 15.9 Å². The summed E-state index contributed by atoms with van der Waals surface area (Å²) in [5.41, 5.74) is 0.136. The molecule has 4 aliphatic rings. The molecular weight excluding hydrogens is 364 g/mol. The van der Waals surface area contributed by atoms with E-state index in [0.29, 0.717) is 29.2 Å². The molecule has 1 N–H and O–H groups in total. The summed E-state index contributed by atoms with van der Waals surface area (Å²) in [4.78, 5) is 13.4. The number of ether oxygens (including phenoxy) is 1. The minimum atomic E-state index is -3.58. The number of nitrogens with zero attached hydrogens (tertiary/aromatic N) is 1. The number of rotatable bonds is 5. The summed E-state index contributed by atoms with van der Waals surface area (Å²) >= 11 is 0. The summed E-state index contributed by atoms with van der Waals surface area (Å²) in [6.45, 7) is 0. The first kappa shape index (κ1) is 18.7. The highest BCUT2D eigenvalue weighted by atomic mass is 32.2. The first-order chi connectivity index (χ1) is 12.7. The lowest BCUT2D eigenvalue weighted by Crippen LogP contribution is -2.51. The molecule has 4 saturated carbocycles. The van der Waals surface area contributed by atoms with Gasteiger partial charge < -0.3 is 10.1 Å². The second-order valence-corrected chi connectivity index (χ2v) is 11.0. The summed E-state index contributed by atoms with van der Waals surface area (Å²) in [6, 6.07) is 4.62. The van der Waals surface area contributed by atoms with Crippen molar-refractivity contribution >= 4 is 21.6 Å². The van der Waals surface area contributed by atoms with Crippen LogP contribution in [0.4, 0.5) is 5.69 Å². The summed E-state index contributed by atoms with van der Waals surface area (Å²) < 4.78 is 31.5. The highest BCUT2D eigenvalue weighted by Crippen LogP contribution is 2.60. The minimum absolute atomic E-state index is 0.0271. The van der Waals surface area contributed by atoms with Crippen molar-refractivity contribution in [3.8, 4) is 5.75 Å². The van der Waals surface area contributed by atoms with Gasteiger partial charge in [0, 0.05) is 14.1 Å². The molecule has 0 saturated heterocycles. The van der Waals surface area contributed by atoms with Crippen molar-refractivity contribution in [1.82, 2.24) is 4.31 Å². The van der Waals surface area contributed by atoms with Gasteiger partial charge in [0.25, 0.3) is 0 Å². The molecule has 27 heavy (non-hydrogen) atoms. The summed E-state index contributed by atoms with van der Waals surface area (Å²) in [5.74, 6) is 2.52. The predicted octanol–water partition coefficient (Wildman–Crippen LogP) is 3.10. The van der Waals surface area contributed by atoms with Gasteiger partial charge in [0.1, 0.15) is 5.75 Å². The molecule has 5 rings (SSSR count). The van der Waals surface area contributed by atoms with E-state index in [9.17, 15) is 13.2 Å². The second kappa shape index (κ2) is 6.48. The maximum absolute atomic E-state index is 13.3. The third-order valence-corrected chi connectivity index (χ3v) is 8.53. The number of amides is 1. The molecule has 0 spiro atoms. The standard InChI is InChI=1S/C20H28N2O4S/c1-22(2)27(24,25)16-4-5-18(26-3)17(9-16)21-19(23)20-10-13-6-14(11-20)8-15(7-13)12-20/h4-5,9,13-15H,6-8,10-12H2,1-3H3,(H,21,23). The molecule has 1 aromatic rings. The molecule has 0 unspecified atom stereocenters. The number of hydrogen-bond acceptors (Lipinski definition) is 4. The van der Waals surface area contributed by atoms with Gasteiger partial charge in [0.15, 0.2) is 0 Å². The van der Waals surface area contributed by atoms with Crippen molar-refractivity contribution in [3.63, 3.8) is 0 Å². The molecule has 1 aromatic carbocycles. The molecule has 0 heterocycles. The molecule has 0 atom stereocenters. The second-order valence-electron chi connectivity index (χ2n) is 8.80. The lowest BCUT2D eigenvalue weighted by molar-refractivity contribution is -0.140. The quantitative estimate of drug-likeness (QED) is 0.835. The maximum atomic E-state index is 13.3. The Morgan fingerprint density at radius 1 is 1.11 bits per heavy atom. The first-order valence-corrected chi connectivity index (χ1v) is 11.1. The number of carbonyl (C=O) groups is 1. The molecule has 4 fully saturated rings. The van der Waals surface area contributed by atoms with E-state index in [1.54, 1.807) is 6.07 Å². The molecule has 148 valence electrons. The van der Waals surface area contributed by atoms with Crippen LogP contribution in [0, 0.1) is 23.2 Å². The Hall–Kier alpha value is -1.60. The van der Waals surface area contributed by atoms with Gasteiger partial charge in [-0.2, -0.15) is 0 Å². The van der Waals surface area contributed by atoms with Crippen LogP contribution in [0.25, 0.3) is 0 Å². The van der Waals surface area contributed by atoms with E-state index in [1.165, 1.54) is 56.9 Å². The monoisotopic (exact) mass is 392 g/mol. The zero-order chi connectivity index (χ0) is 19.4. The Morgan fingerprint density at radius 3 is 2.15 bits per heavy atom. The molecule has 6 nitrogen and oxygen atoms in total. The van der Waals surface area contributed by atoms with E-state index in [1.807, 2.05) is 0 Å². The van der Waals surface area contributed by atoms with Crippen molar-refractivity contribution in [1.29, 1.82) is 0 Å². The minimum Gasteiger partial charge on any atom is -0.495 e. The molecule has 0 radical (unpaired) electrons. The van der Waals surface area contributed by atoms with Gasteiger partial charge in [-0.3, -0.25) is 4.79 Å². The number of carbonyl (C=O) groups excluding carboxylic acids is 1. The molecule has 4 aliphatic carbocycles. The lowest BCUT2D eigenvalue weighted by Gasteiger charge is -2.55. The number of sulfonamides is 1. The van der Waals surface area contributed by atoms with Crippen LogP contribution in [-0.4, -0.2) is 39.8 Å². The van der Waals surface area contributed by atoms with Crippen molar-refractivity contribution in [2.45, 2.75) is 43.4 Å². The normalized spacial score (nSPS) is 31.9. The van der Waals surface area contributed by atoms with Crippen molar-refractivity contribution in [3.05, 3.63) is 18.2 Å². The fourth-order valence-electron chi connectivity index (χ4n) is 5.80. The van der Waals surface area contributed by atoms with E-state index in [0.717, 1.165) is 19.3 Å². The summed E-state index contributed by atoms with van der Waals surface area (Å²) in [7, 11) is 0.932. The van der Waals surface area contributed by atoms with Crippen molar-refractivity contribution in [2.75, 3.05) is 26.5 Å². The van der Waals surface area contributed by atoms with Crippen molar-refractivity contribution < 1.29 is 17.9 Å². The fraction of sp³-hybridized carbons (Fsp3) is 0.650. The fourth-order valence-corrected chi connectivity index (χ4v) is 6.73. The van der Waals surface area contributed by atoms with E-state index >= 15 is 0 Å². The molecule has 0 aromatic heterocycles. The number of methoxy groups -OCH3 is 1. The Labute approximate surface area is 161 Å². The van der Waals surface area contributed by atoms with Gasteiger partial charge in [0.05, 0.1) is 23.1 Å². The van der Waals surface area contributed by atoms with Gasteiger partial charge in [-0.15, -0.1) is 0 Å². The third kappa shape index (κ3) is 3.14. The van der Waals surface area contributed by atoms with E-state index in [-0.39, 0.29) is 16.2 Å². The van der Waals surface area contributed by atoms with Crippen LogP contribution in [-0.2, 0) is 14.8 Å². The first-order valence-electron chi connectivity index (χ1n) is 9.65. The third-order valence-electron chi connectivity index (χ3n) is 6.72. The van der Waals surface area contributed by atoms with Gasteiger partial charge in [-0.05, 0) is 74.5 Å². The zero-order valence-corrected chi connectivity index (χ0v) is 17.0. The number of hydrogen-bond donors (Lipinski definition) is 1. The van der Waals surface area contributed by atoms with E-state index < -0.39 is 10.0 Å². The predicted molar refractivity (Wildman–Crippen MR) is 103 cm³/mol. The summed E-state index contributed by atoms with van der Waals surface area (Å²) in [6.07, 6.45) is 6.69. The highest BCUT2D eigenvalue weighted by Gasteiger charge is 2.54. The maximum Gasteiger partial charge on any atom is 0.242 e. The number of benzene rings is 1. The Bertz CT molecular complexity index is 827. The molecule has 1 amide bonds. The van der Waals surface area contributed by atoms with Gasteiger partial charge in [-0.1, -0.05) is 0 Å². The highest BCUT2D eigenvalue weighted by molar-refractivity contribution is 7.89. The zero-order valence-electron chi connectivity index (χ0n) is 16.2. The topological polar surface area (TPSA) is 75.7 Å². The van der Waals surface area contributed by atoms with Gasteiger partial charge >= 0.3 is 0 Å². The Kier molecular flexibility index (Phi) is 4.50. The Balaban J connectivity index is 1.63. The van der Waals surface area contributed by atoms with Gasteiger partial charge in [-0.25, -0.2) is 12.7 Å². The SMILES string of the molecule is COc1ccc(S(=O)(=O)N(C)C)cc1NC(=O)C12CC3CC(CC(C3)C1)C2. The number of anilines is 1. The van der Waals surface area contributed by atoms with Crippen LogP contribution < -0.4 is 10.1 Å². The van der Waals surface area contributed by atoms with Crippen LogP contribution in [0.1, 0.15) is 38.5 Å². The Morgan fingerprint density at radius 2 is 1.67 bits per heavy atom.